The molecule has 1 saturated heterocycles. The Morgan fingerprint density at radius 1 is 1.18 bits per heavy atom. The van der Waals surface area contributed by atoms with Crippen LogP contribution in [-0.4, -0.2) is 27.9 Å². The van der Waals surface area contributed by atoms with Gasteiger partial charge >= 0.3 is 0 Å². The number of thioether (sulfide) groups is 1. The van der Waals surface area contributed by atoms with Crippen molar-refractivity contribution in [2.45, 2.75) is 25.0 Å². The van der Waals surface area contributed by atoms with Crippen LogP contribution >= 0.6 is 23.4 Å². The van der Waals surface area contributed by atoms with Crippen LogP contribution in [0.3, 0.4) is 0 Å². The van der Waals surface area contributed by atoms with E-state index < -0.39 is 5.25 Å². The highest BCUT2D eigenvalue weighted by Crippen LogP contribution is 2.23. The minimum Gasteiger partial charge on any atom is -0.326 e. The number of rotatable bonds is 6. The molecule has 0 aliphatic carbocycles. The number of nitrogens with zero attached hydrogens (tertiary/aromatic N) is 2. The van der Waals surface area contributed by atoms with Crippen LogP contribution in [-0.2, 0) is 9.59 Å². The first-order valence-corrected chi connectivity index (χ1v) is 10.0. The van der Waals surface area contributed by atoms with Crippen molar-refractivity contribution < 1.29 is 9.59 Å². The SMILES string of the molecule is CC/C(=N/N=C1/NC(=O)C(CC(=O)Nc2ccc(Cl)cc2)S1)c1ccccc1. The number of hydrogen-bond donors (Lipinski definition) is 2. The van der Waals surface area contributed by atoms with Gasteiger partial charge in [0.2, 0.25) is 11.8 Å². The molecule has 0 bridgehead atoms. The van der Waals surface area contributed by atoms with E-state index in [0.29, 0.717) is 22.3 Å². The third-order valence-electron chi connectivity index (χ3n) is 3.98. The Hall–Kier alpha value is -2.64. The molecule has 1 aliphatic heterocycles. The zero-order valence-corrected chi connectivity index (χ0v) is 16.8. The topological polar surface area (TPSA) is 82.9 Å². The lowest BCUT2D eigenvalue weighted by Crippen LogP contribution is -2.28. The van der Waals surface area contributed by atoms with Crippen molar-refractivity contribution in [3.8, 4) is 0 Å². The fraction of sp³-hybridized carbons (Fsp3) is 0.200. The molecule has 2 N–H and O–H groups in total. The van der Waals surface area contributed by atoms with E-state index in [4.69, 9.17) is 11.6 Å². The minimum absolute atomic E-state index is 0.0428. The van der Waals surface area contributed by atoms with Crippen LogP contribution < -0.4 is 10.6 Å². The molecule has 0 aromatic heterocycles. The van der Waals surface area contributed by atoms with Gasteiger partial charge in [-0.1, -0.05) is 60.6 Å². The largest absolute Gasteiger partial charge is 0.326 e. The molecule has 2 amide bonds. The van der Waals surface area contributed by atoms with Crippen LogP contribution in [0.1, 0.15) is 25.3 Å². The molecular formula is C20H19ClN4O2S. The van der Waals surface area contributed by atoms with Gasteiger partial charge in [0.15, 0.2) is 5.17 Å². The van der Waals surface area contributed by atoms with E-state index in [1.807, 2.05) is 37.3 Å². The number of halogens is 1. The molecule has 1 fully saturated rings. The lowest BCUT2D eigenvalue weighted by molar-refractivity contribution is -0.122. The molecule has 0 spiro atoms. The molecule has 6 nitrogen and oxygen atoms in total. The third kappa shape index (κ3) is 5.43. The average molecular weight is 415 g/mol. The van der Waals surface area contributed by atoms with Gasteiger partial charge in [0.25, 0.3) is 0 Å². The zero-order valence-electron chi connectivity index (χ0n) is 15.2. The second-order valence-electron chi connectivity index (χ2n) is 6.03. The molecular weight excluding hydrogens is 396 g/mol. The lowest BCUT2D eigenvalue weighted by atomic mass is 10.1. The van der Waals surface area contributed by atoms with Crippen molar-refractivity contribution in [3.05, 3.63) is 65.2 Å². The molecule has 1 heterocycles. The number of hydrogen-bond acceptors (Lipinski definition) is 5. The summed E-state index contributed by atoms with van der Waals surface area (Å²) in [6, 6.07) is 16.5. The molecule has 0 radical (unpaired) electrons. The first-order valence-electron chi connectivity index (χ1n) is 8.78. The van der Waals surface area contributed by atoms with Crippen molar-refractivity contribution in [3.63, 3.8) is 0 Å². The van der Waals surface area contributed by atoms with E-state index in [1.165, 1.54) is 11.8 Å². The summed E-state index contributed by atoms with van der Waals surface area (Å²) in [7, 11) is 0. The molecule has 1 unspecified atom stereocenters. The van der Waals surface area contributed by atoms with Crippen LogP contribution in [0.4, 0.5) is 5.69 Å². The van der Waals surface area contributed by atoms with Crippen molar-refractivity contribution >= 4 is 51.7 Å². The highest BCUT2D eigenvalue weighted by Gasteiger charge is 2.32. The van der Waals surface area contributed by atoms with E-state index in [0.717, 1.165) is 11.3 Å². The predicted octanol–water partition coefficient (Wildman–Crippen LogP) is 4.07. The van der Waals surface area contributed by atoms with Gasteiger partial charge in [0.1, 0.15) is 5.25 Å². The monoisotopic (exact) mass is 414 g/mol. The van der Waals surface area contributed by atoms with Gasteiger partial charge in [-0.25, -0.2) is 0 Å². The van der Waals surface area contributed by atoms with Gasteiger partial charge in [0, 0.05) is 17.1 Å². The Morgan fingerprint density at radius 3 is 2.57 bits per heavy atom. The molecule has 2 aromatic rings. The molecule has 144 valence electrons. The smallest absolute Gasteiger partial charge is 0.240 e. The normalized spacial score (nSPS) is 18.2. The maximum atomic E-state index is 12.2. The summed E-state index contributed by atoms with van der Waals surface area (Å²) >= 11 is 7.04. The van der Waals surface area contributed by atoms with E-state index in [-0.39, 0.29) is 18.2 Å². The molecule has 8 heteroatoms. The maximum absolute atomic E-state index is 12.2. The third-order valence-corrected chi connectivity index (χ3v) is 5.30. The van der Waals surface area contributed by atoms with Crippen LogP contribution in [0, 0.1) is 0 Å². The quantitative estimate of drug-likeness (QED) is 0.552. The first kappa shape index (κ1) is 20.1. The molecule has 3 rings (SSSR count). The predicted molar refractivity (Wildman–Crippen MR) is 115 cm³/mol. The number of benzene rings is 2. The zero-order chi connectivity index (χ0) is 19.9. The first-order chi connectivity index (χ1) is 13.5. The summed E-state index contributed by atoms with van der Waals surface area (Å²) in [5.41, 5.74) is 2.45. The van der Waals surface area contributed by atoms with Gasteiger partial charge in [-0.15, -0.1) is 5.10 Å². The van der Waals surface area contributed by atoms with Crippen LogP contribution in [0.15, 0.2) is 64.8 Å². The summed E-state index contributed by atoms with van der Waals surface area (Å²) in [6.07, 6.45) is 0.757. The molecule has 0 saturated carbocycles. The fourth-order valence-electron chi connectivity index (χ4n) is 2.57. The van der Waals surface area contributed by atoms with Gasteiger partial charge in [-0.05, 0) is 36.2 Å². The van der Waals surface area contributed by atoms with Gasteiger partial charge in [0.05, 0.1) is 5.71 Å². The molecule has 1 aliphatic rings. The van der Waals surface area contributed by atoms with Gasteiger partial charge in [-0.3, -0.25) is 9.59 Å². The second-order valence-corrected chi connectivity index (χ2v) is 7.65. The summed E-state index contributed by atoms with van der Waals surface area (Å²) in [4.78, 5) is 24.3. The Labute approximate surface area is 172 Å². The van der Waals surface area contributed by atoms with E-state index in [9.17, 15) is 9.59 Å². The summed E-state index contributed by atoms with van der Waals surface area (Å²) in [5.74, 6) is -0.499. The van der Waals surface area contributed by atoms with E-state index in [2.05, 4.69) is 20.8 Å². The minimum atomic E-state index is -0.539. The highest BCUT2D eigenvalue weighted by atomic mass is 35.5. The molecule has 2 aromatic carbocycles. The fourth-order valence-corrected chi connectivity index (χ4v) is 3.61. The van der Waals surface area contributed by atoms with Crippen molar-refractivity contribution in [1.82, 2.24) is 5.32 Å². The second kappa shape index (κ2) is 9.52. The maximum Gasteiger partial charge on any atom is 0.240 e. The van der Waals surface area contributed by atoms with Crippen LogP contribution in [0.25, 0.3) is 0 Å². The summed E-state index contributed by atoms with van der Waals surface area (Å²) in [6.45, 7) is 2.00. The Bertz CT molecular complexity index is 914. The molecule has 1 atom stereocenters. The highest BCUT2D eigenvalue weighted by molar-refractivity contribution is 8.15. The molecule has 28 heavy (non-hydrogen) atoms. The van der Waals surface area contributed by atoms with Crippen molar-refractivity contribution in [2.24, 2.45) is 10.2 Å². The van der Waals surface area contributed by atoms with Crippen molar-refractivity contribution in [2.75, 3.05) is 5.32 Å². The van der Waals surface area contributed by atoms with E-state index >= 15 is 0 Å². The standard InChI is InChI=1S/C20H19ClN4O2S/c1-2-16(13-6-4-3-5-7-13)24-25-20-23-19(27)17(28-20)12-18(26)22-15-10-8-14(21)9-11-15/h3-11,17H,2,12H2,1H3,(H,22,26)(H,23,25,27)/b24-16-. The Morgan fingerprint density at radius 2 is 1.89 bits per heavy atom. The lowest BCUT2D eigenvalue weighted by Gasteiger charge is -2.07. The van der Waals surface area contributed by atoms with Gasteiger partial charge in [-0.2, -0.15) is 5.10 Å². The number of carbonyl (C=O) groups is 2. The Balaban J connectivity index is 1.61. The summed E-state index contributed by atoms with van der Waals surface area (Å²) < 4.78 is 0. The number of anilines is 1. The Kier molecular flexibility index (Phi) is 6.84. The number of amides is 2. The van der Waals surface area contributed by atoms with E-state index in [1.54, 1.807) is 24.3 Å². The average Bonchev–Trinajstić information content (AvgIpc) is 3.04. The van der Waals surface area contributed by atoms with Crippen LogP contribution in [0.2, 0.25) is 5.02 Å². The van der Waals surface area contributed by atoms with Gasteiger partial charge < -0.3 is 10.6 Å². The number of nitrogens with one attached hydrogen (secondary N) is 2. The van der Waals surface area contributed by atoms with Crippen LogP contribution in [0.5, 0.6) is 0 Å². The number of carbonyl (C=O) groups excluding carboxylic acids is 2. The number of amidine groups is 1. The van der Waals surface area contributed by atoms with Crippen molar-refractivity contribution in [1.29, 1.82) is 0 Å². The summed E-state index contributed by atoms with van der Waals surface area (Å²) in [5, 5.41) is 14.3.